The van der Waals surface area contributed by atoms with Gasteiger partial charge in [-0.05, 0) is 44.6 Å². The smallest absolute Gasteiger partial charge is 0.0237 e. The third-order valence-electron chi connectivity index (χ3n) is 4.28. The van der Waals surface area contributed by atoms with Gasteiger partial charge in [-0.1, -0.05) is 31.2 Å². The zero-order valence-corrected chi connectivity index (χ0v) is 13.2. The largest absolute Gasteiger partial charge is 0.316 e. The first-order chi connectivity index (χ1) is 9.72. The van der Waals surface area contributed by atoms with Crippen LogP contribution >= 0.6 is 0 Å². The van der Waals surface area contributed by atoms with Crippen LogP contribution in [0.1, 0.15) is 30.9 Å². The predicted molar refractivity (Wildman–Crippen MR) is 85.8 cm³/mol. The van der Waals surface area contributed by atoms with Gasteiger partial charge < -0.3 is 10.2 Å². The number of hydrogen-bond acceptors (Lipinski definition) is 3. The monoisotopic (exact) mass is 275 g/mol. The summed E-state index contributed by atoms with van der Waals surface area (Å²) in [5.74, 6) is 0. The van der Waals surface area contributed by atoms with Crippen molar-refractivity contribution < 1.29 is 0 Å². The van der Waals surface area contributed by atoms with E-state index in [0.717, 1.165) is 13.1 Å². The summed E-state index contributed by atoms with van der Waals surface area (Å²) >= 11 is 0. The fraction of sp³-hybridized carbons (Fsp3) is 0.647. The molecule has 20 heavy (non-hydrogen) atoms. The van der Waals surface area contributed by atoms with Crippen molar-refractivity contribution in [3.05, 3.63) is 35.4 Å². The highest BCUT2D eigenvalue weighted by atomic mass is 15.2. The first-order valence-electron chi connectivity index (χ1n) is 7.88. The molecule has 1 aliphatic rings. The average molecular weight is 275 g/mol. The van der Waals surface area contributed by atoms with Gasteiger partial charge in [0, 0.05) is 32.2 Å². The Hall–Kier alpha value is -0.900. The highest BCUT2D eigenvalue weighted by molar-refractivity contribution is 5.22. The van der Waals surface area contributed by atoms with Crippen LogP contribution in [0.5, 0.6) is 0 Å². The Bertz CT molecular complexity index is 388. The molecule has 1 atom stereocenters. The van der Waals surface area contributed by atoms with E-state index >= 15 is 0 Å². The predicted octanol–water partition coefficient (Wildman–Crippen LogP) is 2.32. The molecule has 2 rings (SSSR count). The number of likely N-dealkylation sites (N-methyl/N-ethyl adjacent to an activating group) is 1. The quantitative estimate of drug-likeness (QED) is 0.890. The van der Waals surface area contributed by atoms with E-state index in [1.807, 2.05) is 7.05 Å². The van der Waals surface area contributed by atoms with Gasteiger partial charge in [-0.15, -0.1) is 0 Å². The zero-order valence-electron chi connectivity index (χ0n) is 13.2. The highest BCUT2D eigenvalue weighted by Gasteiger charge is 2.21. The minimum atomic E-state index is 0.694. The maximum absolute atomic E-state index is 3.20. The normalized spacial score (nSPS) is 21.9. The molecular formula is C17H29N3. The first kappa shape index (κ1) is 15.5. The summed E-state index contributed by atoms with van der Waals surface area (Å²) in [5, 5.41) is 3.20. The van der Waals surface area contributed by atoms with Crippen molar-refractivity contribution >= 4 is 0 Å². The number of rotatable bonds is 5. The molecule has 1 fully saturated rings. The summed E-state index contributed by atoms with van der Waals surface area (Å²) in [5.41, 5.74) is 2.80. The molecule has 1 saturated heterocycles. The Morgan fingerprint density at radius 3 is 2.50 bits per heavy atom. The molecule has 1 heterocycles. The van der Waals surface area contributed by atoms with Crippen LogP contribution in [0.25, 0.3) is 0 Å². The van der Waals surface area contributed by atoms with Gasteiger partial charge in [-0.25, -0.2) is 0 Å². The van der Waals surface area contributed by atoms with E-state index in [1.165, 1.54) is 43.6 Å². The van der Waals surface area contributed by atoms with Gasteiger partial charge in [-0.2, -0.15) is 0 Å². The summed E-state index contributed by atoms with van der Waals surface area (Å²) < 4.78 is 0. The molecule has 0 amide bonds. The molecule has 0 saturated carbocycles. The van der Waals surface area contributed by atoms with E-state index in [0.29, 0.717) is 6.04 Å². The molecule has 1 unspecified atom stereocenters. The molecule has 0 spiro atoms. The van der Waals surface area contributed by atoms with Crippen molar-refractivity contribution in [2.24, 2.45) is 0 Å². The third-order valence-corrected chi connectivity index (χ3v) is 4.28. The van der Waals surface area contributed by atoms with Crippen LogP contribution in [-0.4, -0.2) is 49.6 Å². The van der Waals surface area contributed by atoms with Gasteiger partial charge in [0.15, 0.2) is 0 Å². The second-order valence-corrected chi connectivity index (χ2v) is 6.00. The van der Waals surface area contributed by atoms with Gasteiger partial charge in [0.2, 0.25) is 0 Å². The Kier molecular flexibility index (Phi) is 6.02. The molecule has 3 nitrogen and oxygen atoms in total. The maximum atomic E-state index is 3.20. The van der Waals surface area contributed by atoms with Crippen molar-refractivity contribution in [2.75, 3.05) is 33.7 Å². The summed E-state index contributed by atoms with van der Waals surface area (Å²) in [6.45, 7) is 8.01. The molecule has 1 aliphatic heterocycles. The molecule has 0 aromatic heterocycles. The lowest BCUT2D eigenvalue weighted by molar-refractivity contribution is 0.176. The van der Waals surface area contributed by atoms with Gasteiger partial charge in [0.25, 0.3) is 0 Å². The van der Waals surface area contributed by atoms with Crippen molar-refractivity contribution in [1.82, 2.24) is 15.1 Å². The Morgan fingerprint density at radius 1 is 1.15 bits per heavy atom. The molecular weight excluding hydrogens is 246 g/mol. The van der Waals surface area contributed by atoms with Crippen LogP contribution in [0.2, 0.25) is 0 Å². The second-order valence-electron chi connectivity index (χ2n) is 6.00. The van der Waals surface area contributed by atoms with E-state index in [1.54, 1.807) is 0 Å². The van der Waals surface area contributed by atoms with Crippen LogP contribution < -0.4 is 5.32 Å². The highest BCUT2D eigenvalue weighted by Crippen LogP contribution is 2.16. The van der Waals surface area contributed by atoms with Crippen molar-refractivity contribution in [3.8, 4) is 0 Å². The molecule has 1 N–H and O–H groups in total. The van der Waals surface area contributed by atoms with Crippen LogP contribution in [-0.2, 0) is 13.1 Å². The first-order valence-corrected chi connectivity index (χ1v) is 7.88. The van der Waals surface area contributed by atoms with Crippen molar-refractivity contribution in [3.63, 3.8) is 0 Å². The molecule has 112 valence electrons. The number of hydrogen-bond donors (Lipinski definition) is 1. The second kappa shape index (κ2) is 7.77. The summed E-state index contributed by atoms with van der Waals surface area (Å²) in [4.78, 5) is 5.14. The zero-order chi connectivity index (χ0) is 14.4. The Morgan fingerprint density at radius 2 is 1.85 bits per heavy atom. The fourth-order valence-corrected chi connectivity index (χ4v) is 3.09. The van der Waals surface area contributed by atoms with E-state index in [4.69, 9.17) is 0 Å². The lowest BCUT2D eigenvalue weighted by Gasteiger charge is -2.30. The van der Waals surface area contributed by atoms with E-state index in [9.17, 15) is 0 Å². The molecule has 0 bridgehead atoms. The minimum absolute atomic E-state index is 0.694. The SMILES string of the molecule is CCC1CN(C)CCCN1Cc1ccc(CNC)cc1. The standard InChI is InChI=1S/C17H29N3/c1-4-17-14-19(3)10-5-11-20(17)13-16-8-6-15(7-9-16)12-18-2/h6-9,17-18H,4-5,10-14H2,1-3H3. The van der Waals surface area contributed by atoms with Crippen LogP contribution in [0.15, 0.2) is 24.3 Å². The van der Waals surface area contributed by atoms with Crippen LogP contribution in [0.3, 0.4) is 0 Å². The number of benzene rings is 1. The minimum Gasteiger partial charge on any atom is -0.316 e. The lowest BCUT2D eigenvalue weighted by Crippen LogP contribution is -2.39. The molecule has 1 aromatic carbocycles. The van der Waals surface area contributed by atoms with E-state index < -0.39 is 0 Å². The number of nitrogens with zero attached hydrogens (tertiary/aromatic N) is 2. The van der Waals surface area contributed by atoms with E-state index in [2.05, 4.69) is 53.4 Å². The summed E-state index contributed by atoms with van der Waals surface area (Å²) in [6.07, 6.45) is 2.52. The fourth-order valence-electron chi connectivity index (χ4n) is 3.09. The Labute approximate surface area is 124 Å². The third kappa shape index (κ3) is 4.30. The van der Waals surface area contributed by atoms with Gasteiger partial charge in [-0.3, -0.25) is 4.90 Å². The molecule has 0 aliphatic carbocycles. The Balaban J connectivity index is 1.99. The average Bonchev–Trinajstić information content (AvgIpc) is 2.63. The van der Waals surface area contributed by atoms with Crippen LogP contribution in [0, 0.1) is 0 Å². The lowest BCUT2D eigenvalue weighted by atomic mass is 10.1. The van der Waals surface area contributed by atoms with Gasteiger partial charge >= 0.3 is 0 Å². The maximum Gasteiger partial charge on any atom is 0.0237 e. The molecule has 0 radical (unpaired) electrons. The van der Waals surface area contributed by atoms with Crippen LogP contribution in [0.4, 0.5) is 0 Å². The summed E-state index contributed by atoms with van der Waals surface area (Å²) in [6, 6.07) is 9.76. The molecule has 1 aromatic rings. The van der Waals surface area contributed by atoms with Gasteiger partial charge in [0.05, 0.1) is 0 Å². The topological polar surface area (TPSA) is 18.5 Å². The van der Waals surface area contributed by atoms with E-state index in [-0.39, 0.29) is 0 Å². The van der Waals surface area contributed by atoms with Crippen molar-refractivity contribution in [2.45, 2.75) is 38.9 Å². The van der Waals surface area contributed by atoms with Gasteiger partial charge in [0.1, 0.15) is 0 Å². The summed E-state index contributed by atoms with van der Waals surface area (Å²) in [7, 11) is 4.24. The number of nitrogens with one attached hydrogen (secondary N) is 1. The van der Waals surface area contributed by atoms with Crippen molar-refractivity contribution in [1.29, 1.82) is 0 Å². The molecule has 3 heteroatoms.